The number of nitrogens with zero attached hydrogens (tertiary/aromatic N) is 1. The standard InChI is InChI=1S/C9H21NO/c1-5-9(2,11)7-6-8-10(3)4/h11H,5-8H2,1-4H3. The quantitative estimate of drug-likeness (QED) is 0.657. The van der Waals surface area contributed by atoms with Crippen molar-refractivity contribution in [2.75, 3.05) is 20.6 Å². The van der Waals surface area contributed by atoms with Gasteiger partial charge in [0.1, 0.15) is 0 Å². The van der Waals surface area contributed by atoms with Crippen LogP contribution in [-0.2, 0) is 0 Å². The summed E-state index contributed by atoms with van der Waals surface area (Å²) >= 11 is 0. The lowest BCUT2D eigenvalue weighted by Gasteiger charge is -2.21. The molecule has 0 fully saturated rings. The fourth-order valence-corrected chi connectivity index (χ4v) is 0.953. The van der Waals surface area contributed by atoms with Gasteiger partial charge in [0.25, 0.3) is 0 Å². The van der Waals surface area contributed by atoms with Crippen molar-refractivity contribution in [3.63, 3.8) is 0 Å². The van der Waals surface area contributed by atoms with Crippen molar-refractivity contribution in [1.29, 1.82) is 0 Å². The molecule has 0 spiro atoms. The summed E-state index contributed by atoms with van der Waals surface area (Å²) in [5.74, 6) is 0. The zero-order chi connectivity index (χ0) is 8.91. The minimum Gasteiger partial charge on any atom is -0.390 e. The van der Waals surface area contributed by atoms with Crippen LogP contribution in [0.4, 0.5) is 0 Å². The van der Waals surface area contributed by atoms with Gasteiger partial charge in [-0.1, -0.05) is 6.92 Å². The minimum atomic E-state index is -0.448. The van der Waals surface area contributed by atoms with Crippen molar-refractivity contribution in [2.24, 2.45) is 0 Å². The first kappa shape index (κ1) is 10.9. The van der Waals surface area contributed by atoms with E-state index in [0.717, 1.165) is 25.8 Å². The summed E-state index contributed by atoms with van der Waals surface area (Å²) in [4.78, 5) is 2.14. The SMILES string of the molecule is CCC(C)(O)CCCN(C)C. The molecule has 68 valence electrons. The zero-order valence-corrected chi connectivity index (χ0v) is 8.22. The Morgan fingerprint density at radius 3 is 2.27 bits per heavy atom. The van der Waals surface area contributed by atoms with E-state index in [1.54, 1.807) is 0 Å². The first-order chi connectivity index (χ1) is 4.98. The van der Waals surface area contributed by atoms with Gasteiger partial charge < -0.3 is 10.0 Å². The average molecular weight is 159 g/mol. The topological polar surface area (TPSA) is 23.5 Å². The highest BCUT2D eigenvalue weighted by molar-refractivity contribution is 4.69. The molecule has 2 heteroatoms. The Balaban J connectivity index is 3.38. The van der Waals surface area contributed by atoms with Gasteiger partial charge in [0, 0.05) is 0 Å². The van der Waals surface area contributed by atoms with Crippen LogP contribution in [0.15, 0.2) is 0 Å². The largest absolute Gasteiger partial charge is 0.390 e. The van der Waals surface area contributed by atoms with Crippen LogP contribution in [0.1, 0.15) is 33.1 Å². The van der Waals surface area contributed by atoms with Gasteiger partial charge in [-0.2, -0.15) is 0 Å². The molecule has 0 rings (SSSR count). The van der Waals surface area contributed by atoms with Crippen molar-refractivity contribution in [2.45, 2.75) is 38.7 Å². The van der Waals surface area contributed by atoms with Gasteiger partial charge in [-0.05, 0) is 46.8 Å². The maximum absolute atomic E-state index is 9.62. The van der Waals surface area contributed by atoms with Gasteiger partial charge in [0.15, 0.2) is 0 Å². The average Bonchev–Trinajstić information content (AvgIpc) is 1.87. The number of aliphatic hydroxyl groups is 1. The summed E-state index contributed by atoms with van der Waals surface area (Å²) in [6.07, 6.45) is 2.83. The predicted octanol–water partition coefficient (Wildman–Crippen LogP) is 1.49. The van der Waals surface area contributed by atoms with Crippen LogP contribution in [0, 0.1) is 0 Å². The summed E-state index contributed by atoms with van der Waals surface area (Å²) < 4.78 is 0. The van der Waals surface area contributed by atoms with E-state index < -0.39 is 5.60 Å². The molecule has 0 saturated heterocycles. The molecule has 1 N–H and O–H groups in total. The van der Waals surface area contributed by atoms with E-state index in [1.165, 1.54) is 0 Å². The highest BCUT2D eigenvalue weighted by Gasteiger charge is 2.16. The van der Waals surface area contributed by atoms with Gasteiger partial charge in [0.2, 0.25) is 0 Å². The number of hydrogen-bond donors (Lipinski definition) is 1. The van der Waals surface area contributed by atoms with Gasteiger partial charge >= 0.3 is 0 Å². The molecule has 0 aliphatic heterocycles. The van der Waals surface area contributed by atoms with Crippen LogP contribution in [0.25, 0.3) is 0 Å². The molecule has 0 aromatic heterocycles. The molecule has 1 atom stereocenters. The maximum Gasteiger partial charge on any atom is 0.0617 e. The predicted molar refractivity (Wildman–Crippen MR) is 48.7 cm³/mol. The number of rotatable bonds is 5. The Morgan fingerprint density at radius 2 is 1.91 bits per heavy atom. The zero-order valence-electron chi connectivity index (χ0n) is 8.22. The van der Waals surface area contributed by atoms with Crippen molar-refractivity contribution in [1.82, 2.24) is 4.90 Å². The highest BCUT2D eigenvalue weighted by Crippen LogP contribution is 2.15. The van der Waals surface area contributed by atoms with Crippen LogP contribution < -0.4 is 0 Å². The molecule has 11 heavy (non-hydrogen) atoms. The molecular weight excluding hydrogens is 138 g/mol. The van der Waals surface area contributed by atoms with Crippen molar-refractivity contribution >= 4 is 0 Å². The van der Waals surface area contributed by atoms with Crippen molar-refractivity contribution in [3.8, 4) is 0 Å². The molecule has 0 radical (unpaired) electrons. The highest BCUT2D eigenvalue weighted by atomic mass is 16.3. The lowest BCUT2D eigenvalue weighted by atomic mass is 9.97. The minimum absolute atomic E-state index is 0.448. The number of hydrogen-bond acceptors (Lipinski definition) is 2. The van der Waals surface area contributed by atoms with E-state index >= 15 is 0 Å². The van der Waals surface area contributed by atoms with Gasteiger partial charge in [-0.3, -0.25) is 0 Å². The van der Waals surface area contributed by atoms with E-state index in [4.69, 9.17) is 0 Å². The molecule has 0 amide bonds. The molecule has 0 aromatic carbocycles. The van der Waals surface area contributed by atoms with E-state index in [9.17, 15) is 5.11 Å². The second-order valence-electron chi connectivity index (χ2n) is 3.76. The van der Waals surface area contributed by atoms with Crippen LogP contribution in [0.5, 0.6) is 0 Å². The molecule has 1 unspecified atom stereocenters. The Kier molecular flexibility index (Phi) is 4.69. The maximum atomic E-state index is 9.62. The Bertz CT molecular complexity index is 99.7. The van der Waals surface area contributed by atoms with Crippen LogP contribution in [-0.4, -0.2) is 36.2 Å². The van der Waals surface area contributed by atoms with Gasteiger partial charge in [-0.15, -0.1) is 0 Å². The molecular formula is C9H21NO. The van der Waals surface area contributed by atoms with E-state index in [1.807, 2.05) is 13.8 Å². The molecule has 0 aromatic rings. The summed E-state index contributed by atoms with van der Waals surface area (Å²) in [6, 6.07) is 0. The molecule has 0 aliphatic rings. The van der Waals surface area contributed by atoms with E-state index in [0.29, 0.717) is 0 Å². The van der Waals surface area contributed by atoms with Crippen molar-refractivity contribution < 1.29 is 5.11 Å². The monoisotopic (exact) mass is 159 g/mol. The summed E-state index contributed by atoms with van der Waals surface area (Å²) in [5, 5.41) is 9.62. The smallest absolute Gasteiger partial charge is 0.0617 e. The third-order valence-electron chi connectivity index (χ3n) is 2.08. The fraction of sp³-hybridized carbons (Fsp3) is 1.00. The lowest BCUT2D eigenvalue weighted by molar-refractivity contribution is 0.0431. The summed E-state index contributed by atoms with van der Waals surface area (Å²) in [5.41, 5.74) is -0.448. The van der Waals surface area contributed by atoms with Crippen molar-refractivity contribution in [3.05, 3.63) is 0 Å². The second-order valence-corrected chi connectivity index (χ2v) is 3.76. The fourth-order valence-electron chi connectivity index (χ4n) is 0.953. The third kappa shape index (κ3) is 6.32. The Labute approximate surface area is 70.2 Å². The first-order valence-electron chi connectivity index (χ1n) is 4.35. The normalized spacial score (nSPS) is 16.9. The summed E-state index contributed by atoms with van der Waals surface area (Å²) in [6.45, 7) is 4.99. The molecule has 0 saturated carbocycles. The molecule has 2 nitrogen and oxygen atoms in total. The summed E-state index contributed by atoms with van der Waals surface area (Å²) in [7, 11) is 4.11. The second kappa shape index (κ2) is 4.73. The van der Waals surface area contributed by atoms with Crippen LogP contribution >= 0.6 is 0 Å². The Hall–Kier alpha value is -0.0800. The van der Waals surface area contributed by atoms with E-state index in [-0.39, 0.29) is 0 Å². The van der Waals surface area contributed by atoms with E-state index in [2.05, 4.69) is 19.0 Å². The Morgan fingerprint density at radius 1 is 1.36 bits per heavy atom. The third-order valence-corrected chi connectivity index (χ3v) is 2.08. The molecule has 0 bridgehead atoms. The molecule has 0 aliphatic carbocycles. The van der Waals surface area contributed by atoms with Crippen LogP contribution in [0.3, 0.4) is 0 Å². The van der Waals surface area contributed by atoms with Gasteiger partial charge in [0.05, 0.1) is 5.60 Å². The lowest BCUT2D eigenvalue weighted by Crippen LogP contribution is -2.24. The van der Waals surface area contributed by atoms with Gasteiger partial charge in [-0.25, -0.2) is 0 Å². The van der Waals surface area contributed by atoms with Crippen LogP contribution in [0.2, 0.25) is 0 Å². The first-order valence-corrected chi connectivity index (χ1v) is 4.35. The molecule has 0 heterocycles.